The molecule has 1 aliphatic heterocycles. The zero-order valence-electron chi connectivity index (χ0n) is 10.3. The summed E-state index contributed by atoms with van der Waals surface area (Å²) in [5.41, 5.74) is 0.642. The molecule has 0 bridgehead atoms. The Bertz CT molecular complexity index is 541. The summed E-state index contributed by atoms with van der Waals surface area (Å²) in [6.45, 7) is -0.354. The molecule has 0 aliphatic carbocycles. The second-order valence-corrected chi connectivity index (χ2v) is 5.17. The molecule has 1 unspecified atom stereocenters. The number of halogens is 4. The number of benzene rings is 1. The highest BCUT2D eigenvalue weighted by Crippen LogP contribution is 2.40. The summed E-state index contributed by atoms with van der Waals surface area (Å²) in [6.07, 6.45) is -4.24. The molecular formula is C13H12ClF3N2O. The summed E-state index contributed by atoms with van der Waals surface area (Å²) >= 11 is 5.87. The van der Waals surface area contributed by atoms with Crippen LogP contribution in [-0.4, -0.2) is 30.0 Å². The molecule has 7 heteroatoms. The molecule has 0 saturated carbocycles. The molecule has 0 aromatic heterocycles. The summed E-state index contributed by atoms with van der Waals surface area (Å²) < 4.78 is 39.1. The molecule has 1 fully saturated rings. The van der Waals surface area contributed by atoms with E-state index < -0.39 is 24.2 Å². The van der Waals surface area contributed by atoms with Gasteiger partial charge in [-0.25, -0.2) is 0 Å². The van der Waals surface area contributed by atoms with Gasteiger partial charge in [0.2, 0.25) is 0 Å². The first-order chi connectivity index (χ1) is 9.36. The van der Waals surface area contributed by atoms with Crippen molar-refractivity contribution >= 4 is 11.6 Å². The van der Waals surface area contributed by atoms with Gasteiger partial charge in [0, 0.05) is 12.0 Å². The quantitative estimate of drug-likeness (QED) is 0.883. The zero-order valence-corrected chi connectivity index (χ0v) is 11.0. The Labute approximate surface area is 119 Å². The third-order valence-electron chi connectivity index (χ3n) is 3.47. The number of nitriles is 1. The van der Waals surface area contributed by atoms with E-state index in [2.05, 4.69) is 5.32 Å². The topological polar surface area (TPSA) is 56.0 Å². The maximum Gasteiger partial charge on any atom is 0.404 e. The van der Waals surface area contributed by atoms with Crippen LogP contribution >= 0.6 is 11.6 Å². The summed E-state index contributed by atoms with van der Waals surface area (Å²) in [6, 6.07) is 3.84. The lowest BCUT2D eigenvalue weighted by atomic mass is 9.90. The lowest BCUT2D eigenvalue weighted by Crippen LogP contribution is -2.43. The van der Waals surface area contributed by atoms with E-state index in [9.17, 15) is 13.2 Å². The van der Waals surface area contributed by atoms with Crippen molar-refractivity contribution < 1.29 is 18.3 Å². The fourth-order valence-corrected chi connectivity index (χ4v) is 2.74. The van der Waals surface area contributed by atoms with Crippen LogP contribution in [0.25, 0.3) is 0 Å². The molecule has 1 aromatic rings. The molecule has 3 nitrogen and oxygen atoms in total. The van der Waals surface area contributed by atoms with E-state index in [1.165, 1.54) is 18.2 Å². The van der Waals surface area contributed by atoms with E-state index in [-0.39, 0.29) is 23.6 Å². The van der Waals surface area contributed by atoms with Gasteiger partial charge < -0.3 is 10.4 Å². The van der Waals surface area contributed by atoms with Gasteiger partial charge in [-0.15, -0.1) is 0 Å². The van der Waals surface area contributed by atoms with Crippen molar-refractivity contribution in [1.82, 2.24) is 5.32 Å². The Hall–Kier alpha value is -1.29. The summed E-state index contributed by atoms with van der Waals surface area (Å²) in [5.74, 6) is -0.822. The molecule has 0 radical (unpaired) electrons. The average molecular weight is 305 g/mol. The molecule has 20 heavy (non-hydrogen) atoms. The molecule has 1 aliphatic rings. The maximum absolute atomic E-state index is 13.0. The maximum atomic E-state index is 13.0. The van der Waals surface area contributed by atoms with Crippen LogP contribution in [0.4, 0.5) is 13.2 Å². The van der Waals surface area contributed by atoms with Crippen LogP contribution in [0.15, 0.2) is 18.2 Å². The molecular weight excluding hydrogens is 293 g/mol. The van der Waals surface area contributed by atoms with Crippen LogP contribution in [0, 0.1) is 11.3 Å². The van der Waals surface area contributed by atoms with Crippen molar-refractivity contribution in [3.05, 3.63) is 34.3 Å². The Balaban J connectivity index is 2.34. The largest absolute Gasteiger partial charge is 0.404 e. The molecule has 3 atom stereocenters. The fourth-order valence-electron chi connectivity index (χ4n) is 2.51. The second-order valence-electron chi connectivity index (χ2n) is 4.76. The number of alkyl halides is 3. The molecule has 1 aromatic carbocycles. The summed E-state index contributed by atoms with van der Waals surface area (Å²) in [7, 11) is 0. The Morgan fingerprint density at radius 3 is 2.65 bits per heavy atom. The smallest absolute Gasteiger partial charge is 0.395 e. The van der Waals surface area contributed by atoms with Gasteiger partial charge in [0.1, 0.15) is 12.1 Å². The first-order valence-electron chi connectivity index (χ1n) is 6.00. The minimum Gasteiger partial charge on any atom is -0.395 e. The van der Waals surface area contributed by atoms with Crippen LogP contribution in [0.5, 0.6) is 0 Å². The third-order valence-corrected chi connectivity index (χ3v) is 3.78. The number of hydrogen-bond acceptors (Lipinski definition) is 3. The van der Waals surface area contributed by atoms with Gasteiger partial charge in [-0.3, -0.25) is 0 Å². The molecule has 1 saturated heterocycles. The van der Waals surface area contributed by atoms with E-state index in [0.29, 0.717) is 5.56 Å². The van der Waals surface area contributed by atoms with Crippen molar-refractivity contribution in [3.8, 4) is 6.07 Å². The van der Waals surface area contributed by atoms with Gasteiger partial charge in [-0.05, 0) is 24.1 Å². The Morgan fingerprint density at radius 2 is 2.15 bits per heavy atom. The minimum atomic E-state index is -4.41. The molecule has 2 rings (SSSR count). The van der Waals surface area contributed by atoms with Crippen molar-refractivity contribution in [1.29, 1.82) is 5.26 Å². The number of nitrogens with one attached hydrogen (secondary N) is 1. The molecule has 0 amide bonds. The van der Waals surface area contributed by atoms with E-state index in [4.69, 9.17) is 22.0 Å². The molecule has 108 valence electrons. The van der Waals surface area contributed by atoms with Crippen molar-refractivity contribution in [2.24, 2.45) is 0 Å². The zero-order chi connectivity index (χ0) is 14.9. The highest BCUT2D eigenvalue weighted by atomic mass is 35.5. The summed E-state index contributed by atoms with van der Waals surface area (Å²) in [5, 5.41) is 20.4. The van der Waals surface area contributed by atoms with Crippen LogP contribution in [0.1, 0.15) is 23.5 Å². The highest BCUT2D eigenvalue weighted by molar-refractivity contribution is 6.31. The number of nitrogens with zero attached hydrogens (tertiary/aromatic N) is 1. The van der Waals surface area contributed by atoms with Crippen LogP contribution in [0.2, 0.25) is 5.02 Å². The standard InChI is InChI=1S/C13H12ClF3N2O/c14-11-3-7(1-2-8(11)5-18)10-4-9(6-20)19-12(10)13(15,16)17/h1-3,9-10,12,19-20H,4,6H2/t9-,10?,12-/m0/s1. The number of aliphatic hydroxyl groups excluding tert-OH is 1. The minimum absolute atomic E-state index is 0.137. The van der Waals surface area contributed by atoms with Gasteiger partial charge >= 0.3 is 6.18 Å². The van der Waals surface area contributed by atoms with E-state index >= 15 is 0 Å². The summed E-state index contributed by atoms with van der Waals surface area (Å²) in [4.78, 5) is 0. The van der Waals surface area contributed by atoms with Crippen molar-refractivity contribution in [2.75, 3.05) is 6.61 Å². The van der Waals surface area contributed by atoms with E-state index in [1.807, 2.05) is 6.07 Å². The Morgan fingerprint density at radius 1 is 1.45 bits per heavy atom. The van der Waals surface area contributed by atoms with E-state index in [1.54, 1.807) is 0 Å². The SMILES string of the molecule is N#Cc1ccc(C2C[C@@H](CO)N[C@@H]2C(F)(F)F)cc1Cl. The molecule has 0 spiro atoms. The van der Waals surface area contributed by atoms with Gasteiger partial charge in [0.15, 0.2) is 0 Å². The third kappa shape index (κ3) is 2.90. The second kappa shape index (κ2) is 5.60. The lowest BCUT2D eigenvalue weighted by molar-refractivity contribution is -0.156. The Kier molecular flexibility index (Phi) is 4.23. The van der Waals surface area contributed by atoms with Gasteiger partial charge in [0.05, 0.1) is 17.2 Å². The average Bonchev–Trinajstić information content (AvgIpc) is 2.82. The molecule has 2 N–H and O–H groups in total. The monoisotopic (exact) mass is 304 g/mol. The number of hydrogen-bond donors (Lipinski definition) is 2. The van der Waals surface area contributed by atoms with Crippen LogP contribution in [0.3, 0.4) is 0 Å². The van der Waals surface area contributed by atoms with Crippen LogP contribution < -0.4 is 5.32 Å². The molecule has 1 heterocycles. The highest BCUT2D eigenvalue weighted by Gasteiger charge is 2.50. The fraction of sp³-hybridized carbons (Fsp3) is 0.462. The van der Waals surface area contributed by atoms with Crippen molar-refractivity contribution in [2.45, 2.75) is 30.6 Å². The predicted octanol–water partition coefficient (Wildman–Crippen LogP) is 2.58. The first kappa shape index (κ1) is 15.1. The lowest BCUT2D eigenvalue weighted by Gasteiger charge is -2.22. The van der Waals surface area contributed by atoms with Gasteiger partial charge in [0.25, 0.3) is 0 Å². The predicted molar refractivity (Wildman–Crippen MR) is 67.4 cm³/mol. The van der Waals surface area contributed by atoms with Crippen LogP contribution in [-0.2, 0) is 0 Å². The number of aliphatic hydroxyl groups is 1. The van der Waals surface area contributed by atoms with Crippen molar-refractivity contribution in [3.63, 3.8) is 0 Å². The van der Waals surface area contributed by atoms with E-state index in [0.717, 1.165) is 0 Å². The normalized spacial score (nSPS) is 26.5. The first-order valence-corrected chi connectivity index (χ1v) is 6.37. The van der Waals surface area contributed by atoms with Gasteiger partial charge in [-0.2, -0.15) is 18.4 Å². The van der Waals surface area contributed by atoms with Gasteiger partial charge in [-0.1, -0.05) is 17.7 Å². The number of rotatable bonds is 2.